The van der Waals surface area contributed by atoms with E-state index in [2.05, 4.69) is 3.53 Å². The van der Waals surface area contributed by atoms with Gasteiger partial charge in [-0.2, -0.15) is 0 Å². The quantitative estimate of drug-likeness (QED) is 0.393. The van der Waals surface area contributed by atoms with E-state index in [0.29, 0.717) is 6.42 Å². The lowest BCUT2D eigenvalue weighted by Crippen LogP contribution is -2.32. The lowest BCUT2D eigenvalue weighted by Gasteiger charge is -2.11. The number of phenolic OH excluding ortho intramolecular Hbond substituents is 1. The lowest BCUT2D eigenvalue weighted by molar-refractivity contribution is -0.138. The van der Waals surface area contributed by atoms with Gasteiger partial charge in [-0.15, -0.1) is 0 Å². The molecule has 0 aromatic heterocycles. The average Bonchev–Trinajstić information content (AvgIpc) is 2.21. The molecule has 0 amide bonds. The minimum atomic E-state index is -0.882. The van der Waals surface area contributed by atoms with E-state index >= 15 is 0 Å². The monoisotopic (exact) mass is 559 g/mol. The van der Waals surface area contributed by atoms with E-state index in [4.69, 9.17) is 5.11 Å². The van der Waals surface area contributed by atoms with Gasteiger partial charge < -0.3 is 10.2 Å². The summed E-state index contributed by atoms with van der Waals surface area (Å²) in [5.74, 6) is -0.633. The zero-order chi connectivity index (χ0) is 12.3. The highest BCUT2D eigenvalue weighted by molar-refractivity contribution is 14.1. The van der Waals surface area contributed by atoms with Crippen LogP contribution in [0.25, 0.3) is 0 Å². The highest BCUT2D eigenvalue weighted by Gasteiger charge is 2.17. The number of carboxylic acid groups (broad SMARTS) is 1. The van der Waals surface area contributed by atoms with Gasteiger partial charge in [-0.3, -0.25) is 4.79 Å². The Bertz CT molecular complexity index is 388. The van der Waals surface area contributed by atoms with Gasteiger partial charge >= 0.3 is 5.97 Å². The standard InChI is InChI=1S/C9H8I3NO3/c10-5-1-4(2-6(11)8(5)14)3-7(13-12)9(15)16/h1-2,7,13-14H,3H2,(H,15,16)/t7-/m0/s1. The van der Waals surface area contributed by atoms with Crippen molar-refractivity contribution in [3.63, 3.8) is 0 Å². The third-order valence-corrected chi connectivity index (χ3v) is 4.34. The van der Waals surface area contributed by atoms with Gasteiger partial charge in [-0.25, -0.2) is 3.53 Å². The molecule has 1 aromatic rings. The number of phenols is 1. The third-order valence-electron chi connectivity index (χ3n) is 1.95. The van der Waals surface area contributed by atoms with Crippen molar-refractivity contribution in [3.8, 4) is 5.75 Å². The van der Waals surface area contributed by atoms with E-state index < -0.39 is 12.0 Å². The summed E-state index contributed by atoms with van der Waals surface area (Å²) in [5, 5.41) is 18.5. The molecule has 0 aliphatic carbocycles. The lowest BCUT2D eigenvalue weighted by atomic mass is 10.1. The number of hydrogen-bond acceptors (Lipinski definition) is 3. The Labute approximate surface area is 134 Å². The SMILES string of the molecule is O=C(O)[C@H](Cc1cc(I)c(O)c(I)c1)NI. The van der Waals surface area contributed by atoms with Crippen LogP contribution < -0.4 is 3.53 Å². The van der Waals surface area contributed by atoms with Gasteiger partial charge in [0.2, 0.25) is 0 Å². The predicted molar refractivity (Wildman–Crippen MR) is 85.8 cm³/mol. The van der Waals surface area contributed by atoms with Crippen LogP contribution in [0.3, 0.4) is 0 Å². The van der Waals surface area contributed by atoms with Crippen LogP contribution in [0, 0.1) is 7.14 Å². The maximum Gasteiger partial charge on any atom is 0.321 e. The molecule has 0 heterocycles. The molecule has 3 N–H and O–H groups in total. The molecule has 7 heteroatoms. The average molecular weight is 559 g/mol. The normalized spacial score (nSPS) is 12.4. The second-order valence-electron chi connectivity index (χ2n) is 3.11. The molecule has 0 radical (unpaired) electrons. The number of nitrogens with one attached hydrogen (secondary N) is 1. The Morgan fingerprint density at radius 2 is 1.88 bits per heavy atom. The highest BCUT2D eigenvalue weighted by atomic mass is 127. The van der Waals surface area contributed by atoms with E-state index in [-0.39, 0.29) is 5.75 Å². The fourth-order valence-electron chi connectivity index (χ4n) is 1.14. The van der Waals surface area contributed by atoms with Crippen LogP contribution in [-0.2, 0) is 11.2 Å². The van der Waals surface area contributed by atoms with Crippen LogP contribution in [0.15, 0.2) is 12.1 Å². The zero-order valence-electron chi connectivity index (χ0n) is 7.88. The summed E-state index contributed by atoms with van der Waals surface area (Å²) in [5.41, 5.74) is 0.892. The molecule has 1 rings (SSSR count). The molecule has 0 aliphatic rings. The summed E-state index contributed by atoms with van der Waals surface area (Å²) in [7, 11) is 0. The first kappa shape index (κ1) is 14.7. The molecule has 0 aliphatic heterocycles. The largest absolute Gasteiger partial charge is 0.506 e. The molecule has 0 fully saturated rings. The highest BCUT2D eigenvalue weighted by Crippen LogP contribution is 2.27. The second-order valence-corrected chi connectivity index (χ2v) is 6.06. The number of carboxylic acids is 1. The molecule has 0 bridgehead atoms. The summed E-state index contributed by atoms with van der Waals surface area (Å²) in [4.78, 5) is 10.9. The van der Waals surface area contributed by atoms with Crippen molar-refractivity contribution in [1.29, 1.82) is 0 Å². The number of halogens is 3. The number of rotatable bonds is 4. The maximum absolute atomic E-state index is 10.9. The molecule has 16 heavy (non-hydrogen) atoms. The third kappa shape index (κ3) is 3.84. The van der Waals surface area contributed by atoms with Gasteiger partial charge in [0, 0.05) is 22.9 Å². The van der Waals surface area contributed by atoms with Gasteiger partial charge in [0.25, 0.3) is 0 Å². The predicted octanol–water partition coefficient (Wildman–Crippen LogP) is 2.54. The van der Waals surface area contributed by atoms with Gasteiger partial charge in [-0.05, 0) is 69.3 Å². The second kappa shape index (κ2) is 6.54. The maximum atomic E-state index is 10.9. The molecule has 0 unspecified atom stereocenters. The van der Waals surface area contributed by atoms with E-state index in [9.17, 15) is 9.90 Å². The number of hydrogen-bond donors (Lipinski definition) is 3. The van der Waals surface area contributed by atoms with Crippen molar-refractivity contribution < 1.29 is 15.0 Å². The first-order chi connectivity index (χ1) is 7.45. The minimum Gasteiger partial charge on any atom is -0.506 e. The molecular formula is C9H8I3NO3. The fourth-order valence-corrected chi connectivity index (χ4v) is 3.53. The Morgan fingerprint density at radius 1 is 1.38 bits per heavy atom. The van der Waals surface area contributed by atoms with Crippen molar-refractivity contribution in [3.05, 3.63) is 24.8 Å². The fraction of sp³-hybridized carbons (Fsp3) is 0.222. The molecule has 4 nitrogen and oxygen atoms in total. The molecule has 0 saturated carbocycles. The Balaban J connectivity index is 2.93. The summed E-state index contributed by atoms with van der Waals surface area (Å²) in [6, 6.07) is 2.97. The number of aliphatic carboxylic acids is 1. The van der Waals surface area contributed by atoms with Crippen molar-refractivity contribution in [2.24, 2.45) is 0 Å². The van der Waals surface area contributed by atoms with Crippen molar-refractivity contribution in [2.45, 2.75) is 12.5 Å². The summed E-state index contributed by atoms with van der Waals surface area (Å²) in [6.45, 7) is 0. The van der Waals surface area contributed by atoms with Gasteiger partial charge in [0.15, 0.2) is 0 Å². The molecule has 0 spiro atoms. The molecule has 1 aromatic carbocycles. The van der Waals surface area contributed by atoms with Crippen LogP contribution in [0.1, 0.15) is 5.56 Å². The van der Waals surface area contributed by atoms with E-state index in [1.54, 1.807) is 12.1 Å². The van der Waals surface area contributed by atoms with Crippen molar-refractivity contribution in [2.75, 3.05) is 0 Å². The van der Waals surface area contributed by atoms with E-state index in [0.717, 1.165) is 12.7 Å². The van der Waals surface area contributed by atoms with Gasteiger partial charge in [0.1, 0.15) is 11.8 Å². The zero-order valence-corrected chi connectivity index (χ0v) is 14.3. The van der Waals surface area contributed by atoms with Crippen LogP contribution in [-0.4, -0.2) is 22.2 Å². The van der Waals surface area contributed by atoms with E-state index in [1.165, 1.54) is 0 Å². The van der Waals surface area contributed by atoms with Crippen LogP contribution >= 0.6 is 68.0 Å². The summed E-state index contributed by atoms with van der Waals surface area (Å²) in [6.07, 6.45) is 0.393. The Kier molecular flexibility index (Phi) is 6.01. The molecule has 88 valence electrons. The van der Waals surface area contributed by atoms with Gasteiger partial charge in [0.05, 0.1) is 7.14 Å². The molecule has 0 saturated heterocycles. The van der Waals surface area contributed by atoms with E-state index in [1.807, 2.05) is 68.0 Å². The number of carbonyl (C=O) groups is 1. The smallest absolute Gasteiger partial charge is 0.321 e. The van der Waals surface area contributed by atoms with Crippen molar-refractivity contribution >= 4 is 74.0 Å². The number of benzene rings is 1. The Hall–Kier alpha value is 0.640. The Morgan fingerprint density at radius 3 is 2.25 bits per heavy atom. The molecule has 1 atom stereocenters. The topological polar surface area (TPSA) is 69.6 Å². The first-order valence-corrected chi connectivity index (χ1v) is 7.45. The first-order valence-electron chi connectivity index (χ1n) is 4.21. The molecular weight excluding hydrogens is 551 g/mol. The van der Waals surface area contributed by atoms with Gasteiger partial charge in [-0.1, -0.05) is 0 Å². The minimum absolute atomic E-state index is 0.249. The number of aromatic hydroxyl groups is 1. The van der Waals surface area contributed by atoms with Crippen molar-refractivity contribution in [1.82, 2.24) is 3.53 Å². The van der Waals surface area contributed by atoms with Crippen LogP contribution in [0.4, 0.5) is 0 Å². The summed E-state index contributed by atoms with van der Waals surface area (Å²) < 4.78 is 4.17. The van der Waals surface area contributed by atoms with Crippen LogP contribution in [0.5, 0.6) is 5.75 Å². The summed E-state index contributed by atoms with van der Waals surface area (Å²) >= 11 is 5.89. The van der Waals surface area contributed by atoms with Crippen LogP contribution in [0.2, 0.25) is 0 Å².